The van der Waals surface area contributed by atoms with Crippen LogP contribution in [0.4, 0.5) is 5.82 Å². The minimum absolute atomic E-state index is 0.223. The molecule has 11 heteroatoms. The van der Waals surface area contributed by atoms with Crippen molar-refractivity contribution in [2.75, 3.05) is 49.6 Å². The fraction of sp³-hybridized carbons (Fsp3) is 0.391. The van der Waals surface area contributed by atoms with Crippen LogP contribution in [0.2, 0.25) is 0 Å². The zero-order chi connectivity index (χ0) is 23.5. The van der Waals surface area contributed by atoms with Gasteiger partial charge in [0.05, 0.1) is 23.7 Å². The molecule has 34 heavy (non-hydrogen) atoms. The van der Waals surface area contributed by atoms with E-state index in [-0.39, 0.29) is 11.5 Å². The first kappa shape index (κ1) is 22.5. The fourth-order valence-corrected chi connectivity index (χ4v) is 5.49. The van der Waals surface area contributed by atoms with Crippen LogP contribution >= 0.6 is 0 Å². The summed E-state index contributed by atoms with van der Waals surface area (Å²) >= 11 is 0. The molecule has 1 N–H and O–H groups in total. The van der Waals surface area contributed by atoms with Crippen LogP contribution in [0, 0.1) is 0 Å². The third kappa shape index (κ3) is 4.80. The maximum atomic E-state index is 12.7. The van der Waals surface area contributed by atoms with E-state index in [0.717, 1.165) is 30.7 Å². The summed E-state index contributed by atoms with van der Waals surface area (Å²) in [5.41, 5.74) is 1.37. The first-order valence-electron chi connectivity index (χ1n) is 11.3. The van der Waals surface area contributed by atoms with Crippen molar-refractivity contribution >= 4 is 32.5 Å². The highest BCUT2D eigenvalue weighted by Crippen LogP contribution is 2.29. The maximum absolute atomic E-state index is 12.7. The van der Waals surface area contributed by atoms with Crippen LogP contribution in [0.3, 0.4) is 0 Å². The zero-order valence-corrected chi connectivity index (χ0v) is 19.5. The van der Waals surface area contributed by atoms with Crippen molar-refractivity contribution in [3.63, 3.8) is 0 Å². The van der Waals surface area contributed by atoms with E-state index in [1.54, 1.807) is 18.3 Å². The summed E-state index contributed by atoms with van der Waals surface area (Å²) in [4.78, 5) is 27.8. The summed E-state index contributed by atoms with van der Waals surface area (Å²) in [6, 6.07) is 9.13. The number of hydrogen-bond donors (Lipinski definition) is 1. The molecule has 2 aromatic heterocycles. The number of nitrogens with one attached hydrogen (secondary N) is 1. The molecule has 3 aromatic rings. The van der Waals surface area contributed by atoms with Gasteiger partial charge in [-0.1, -0.05) is 6.07 Å². The number of carbonyl (C=O) groups excluding carboxylic acids is 1. The normalized spacial score (nSPS) is 17.9. The van der Waals surface area contributed by atoms with E-state index in [2.05, 4.69) is 20.2 Å². The van der Waals surface area contributed by atoms with Crippen LogP contribution in [0.15, 0.2) is 47.7 Å². The van der Waals surface area contributed by atoms with Crippen LogP contribution in [0.5, 0.6) is 5.75 Å². The summed E-state index contributed by atoms with van der Waals surface area (Å²) in [7, 11) is -2.87. The van der Waals surface area contributed by atoms with Gasteiger partial charge in [0.15, 0.2) is 9.84 Å². The number of anilines is 1. The number of benzene rings is 1. The number of amides is 1. The van der Waals surface area contributed by atoms with Gasteiger partial charge in [0.25, 0.3) is 5.91 Å². The van der Waals surface area contributed by atoms with Crippen molar-refractivity contribution in [3.8, 4) is 5.75 Å². The van der Waals surface area contributed by atoms with E-state index in [1.165, 1.54) is 6.20 Å². The Labute approximate surface area is 197 Å². The van der Waals surface area contributed by atoms with E-state index in [1.807, 2.05) is 22.8 Å². The molecule has 1 fully saturated rings. The van der Waals surface area contributed by atoms with Gasteiger partial charge < -0.3 is 15.0 Å². The number of hydrogen-bond acceptors (Lipinski definition) is 8. The molecule has 0 bridgehead atoms. The predicted octanol–water partition coefficient (Wildman–Crippen LogP) is 1.10. The largest absolute Gasteiger partial charge is 0.491 e. The van der Waals surface area contributed by atoms with Gasteiger partial charge in [-0.05, 0) is 30.7 Å². The van der Waals surface area contributed by atoms with E-state index in [9.17, 15) is 13.2 Å². The van der Waals surface area contributed by atoms with E-state index < -0.39 is 15.7 Å². The lowest BCUT2D eigenvalue weighted by Gasteiger charge is -2.26. The van der Waals surface area contributed by atoms with Gasteiger partial charge in [0.1, 0.15) is 17.1 Å². The van der Waals surface area contributed by atoms with E-state index >= 15 is 0 Å². The van der Waals surface area contributed by atoms with Crippen molar-refractivity contribution in [1.29, 1.82) is 0 Å². The van der Waals surface area contributed by atoms with Gasteiger partial charge in [-0.2, -0.15) is 4.99 Å². The Bertz CT molecular complexity index is 1370. The SMILES string of the molecule is O=C(N=c1nc2c(OCCCN3CCS(=O)(=O)CC3)cccc2c2n1CCN2)c1cccnc1. The Morgan fingerprint density at radius 1 is 1.15 bits per heavy atom. The van der Waals surface area contributed by atoms with Crippen molar-refractivity contribution in [2.45, 2.75) is 13.0 Å². The second-order valence-corrected chi connectivity index (χ2v) is 10.6. The monoisotopic (exact) mass is 482 g/mol. The van der Waals surface area contributed by atoms with E-state index in [4.69, 9.17) is 9.72 Å². The lowest BCUT2D eigenvalue weighted by molar-refractivity contribution is 0.0996. The van der Waals surface area contributed by atoms with Gasteiger partial charge in [0.2, 0.25) is 5.62 Å². The average molecular weight is 483 g/mol. The number of carbonyl (C=O) groups is 1. The molecule has 0 radical (unpaired) electrons. The minimum Gasteiger partial charge on any atom is -0.491 e. The topological polar surface area (TPSA) is 119 Å². The Hall–Kier alpha value is -3.31. The molecule has 10 nitrogen and oxygen atoms in total. The second-order valence-electron chi connectivity index (χ2n) is 8.35. The van der Waals surface area contributed by atoms with Crippen LogP contribution < -0.4 is 15.7 Å². The maximum Gasteiger partial charge on any atom is 0.281 e. The first-order valence-corrected chi connectivity index (χ1v) is 13.1. The van der Waals surface area contributed by atoms with Crippen molar-refractivity contribution in [1.82, 2.24) is 19.4 Å². The van der Waals surface area contributed by atoms with Gasteiger partial charge >= 0.3 is 0 Å². The van der Waals surface area contributed by atoms with Crippen LogP contribution in [0.1, 0.15) is 16.8 Å². The third-order valence-corrected chi connectivity index (χ3v) is 7.64. The number of para-hydroxylation sites is 1. The Morgan fingerprint density at radius 3 is 2.79 bits per heavy atom. The molecule has 0 aliphatic carbocycles. The molecule has 178 valence electrons. The van der Waals surface area contributed by atoms with Gasteiger partial charge in [0, 0.05) is 50.5 Å². The molecule has 0 spiro atoms. The molecular weight excluding hydrogens is 456 g/mol. The van der Waals surface area contributed by atoms with Gasteiger partial charge in [-0.15, -0.1) is 0 Å². The summed E-state index contributed by atoms with van der Waals surface area (Å²) in [6.45, 7) is 3.78. The molecule has 5 rings (SSSR count). The first-order chi connectivity index (χ1) is 16.5. The lowest BCUT2D eigenvalue weighted by Crippen LogP contribution is -2.40. The fourth-order valence-electron chi connectivity index (χ4n) is 4.21. The standard InChI is InChI=1S/C23H26N6O4S/c30-22(17-4-2-7-24-16-17)27-23-26-20-18(21-25-8-10-29(21)23)5-1-6-19(20)33-13-3-9-28-11-14-34(31,32)15-12-28/h1-2,4-7,16,25H,3,8-15H2. The lowest BCUT2D eigenvalue weighted by atomic mass is 10.2. The number of fused-ring (bicyclic) bond motifs is 3. The molecule has 1 amide bonds. The Balaban J connectivity index is 1.37. The molecular formula is C23H26N6O4S. The Morgan fingerprint density at radius 2 is 2.00 bits per heavy atom. The summed E-state index contributed by atoms with van der Waals surface area (Å²) in [5.74, 6) is 1.54. The highest BCUT2D eigenvalue weighted by atomic mass is 32.2. The molecule has 2 aliphatic rings. The van der Waals surface area contributed by atoms with Crippen molar-refractivity contribution in [3.05, 3.63) is 53.9 Å². The number of sulfone groups is 1. The van der Waals surface area contributed by atoms with Crippen molar-refractivity contribution < 1.29 is 17.9 Å². The number of aromatic nitrogens is 3. The van der Waals surface area contributed by atoms with Crippen molar-refractivity contribution in [2.24, 2.45) is 4.99 Å². The number of nitrogens with zero attached hydrogens (tertiary/aromatic N) is 5. The van der Waals surface area contributed by atoms with Gasteiger partial charge in [-0.3, -0.25) is 14.3 Å². The summed E-state index contributed by atoms with van der Waals surface area (Å²) in [6.07, 6.45) is 3.87. The average Bonchev–Trinajstić information content (AvgIpc) is 3.34. The molecule has 1 aromatic carbocycles. The second kappa shape index (κ2) is 9.51. The van der Waals surface area contributed by atoms with Crippen LogP contribution in [-0.2, 0) is 16.4 Å². The quantitative estimate of drug-likeness (QED) is 0.519. The van der Waals surface area contributed by atoms with Crippen LogP contribution in [0.25, 0.3) is 10.9 Å². The molecule has 0 unspecified atom stereocenters. The zero-order valence-electron chi connectivity index (χ0n) is 18.7. The third-order valence-electron chi connectivity index (χ3n) is 6.03. The summed E-state index contributed by atoms with van der Waals surface area (Å²) in [5, 5.41) is 4.28. The smallest absolute Gasteiger partial charge is 0.281 e. The number of ether oxygens (including phenoxy) is 1. The predicted molar refractivity (Wildman–Crippen MR) is 128 cm³/mol. The molecule has 0 atom stereocenters. The molecule has 0 saturated carbocycles. The minimum atomic E-state index is -2.87. The highest BCUT2D eigenvalue weighted by molar-refractivity contribution is 7.91. The van der Waals surface area contributed by atoms with Crippen LogP contribution in [-0.4, -0.2) is 78.1 Å². The Kier molecular flexibility index (Phi) is 6.29. The number of rotatable bonds is 6. The molecule has 4 heterocycles. The summed E-state index contributed by atoms with van der Waals surface area (Å²) < 4.78 is 31.2. The number of pyridine rings is 1. The highest BCUT2D eigenvalue weighted by Gasteiger charge is 2.21. The molecule has 1 saturated heterocycles. The van der Waals surface area contributed by atoms with Gasteiger partial charge in [-0.25, -0.2) is 13.4 Å². The van der Waals surface area contributed by atoms with E-state index in [0.29, 0.717) is 48.7 Å². The molecule has 2 aliphatic heterocycles.